The number of nitrogens with two attached hydrogens (primary N) is 1. The molecule has 2 N–H and O–H groups in total. The topological polar surface area (TPSA) is 55.6 Å². The molecule has 0 fully saturated rings. The lowest BCUT2D eigenvalue weighted by molar-refractivity contribution is 0.000623. The first-order valence-electron chi connectivity index (χ1n) is 7.87. The van der Waals surface area contributed by atoms with Gasteiger partial charge in [-0.1, -0.05) is 24.3 Å². The Kier molecular flexibility index (Phi) is 4.35. The predicted octanol–water partition coefficient (Wildman–Crippen LogP) is 3.04. The number of esters is 1. The second-order valence-electron chi connectivity index (χ2n) is 6.22. The van der Waals surface area contributed by atoms with Crippen LogP contribution in [-0.2, 0) is 11.2 Å². The largest absolute Gasteiger partial charge is 0.452 e. The van der Waals surface area contributed by atoms with Gasteiger partial charge in [-0.3, -0.25) is 0 Å². The van der Waals surface area contributed by atoms with Gasteiger partial charge >= 0.3 is 5.97 Å². The van der Waals surface area contributed by atoms with Gasteiger partial charge in [0.05, 0.1) is 11.6 Å². The van der Waals surface area contributed by atoms with Crippen molar-refractivity contribution >= 4 is 11.7 Å². The second-order valence-corrected chi connectivity index (χ2v) is 6.22. The SMILES string of the molecule is CN(C)[C@H]1CCc2ccccc2[C@H]1OC(=O)c1ccc(N)cc1. The zero-order chi connectivity index (χ0) is 16.4. The molecular weight excluding hydrogens is 288 g/mol. The van der Waals surface area contributed by atoms with E-state index in [1.807, 2.05) is 26.2 Å². The lowest BCUT2D eigenvalue weighted by atomic mass is 9.85. The Morgan fingerprint density at radius 3 is 2.52 bits per heavy atom. The van der Waals surface area contributed by atoms with E-state index < -0.39 is 0 Å². The van der Waals surface area contributed by atoms with Crippen LogP contribution in [0.25, 0.3) is 0 Å². The number of likely N-dealkylation sites (N-methyl/N-ethyl adjacent to an activating group) is 1. The van der Waals surface area contributed by atoms with Crippen LogP contribution >= 0.6 is 0 Å². The van der Waals surface area contributed by atoms with Gasteiger partial charge in [0.25, 0.3) is 0 Å². The minimum atomic E-state index is -0.307. The number of anilines is 1. The van der Waals surface area contributed by atoms with Gasteiger partial charge in [0.15, 0.2) is 0 Å². The van der Waals surface area contributed by atoms with Crippen molar-refractivity contribution in [2.45, 2.75) is 25.0 Å². The van der Waals surface area contributed by atoms with Crippen LogP contribution in [0.2, 0.25) is 0 Å². The zero-order valence-electron chi connectivity index (χ0n) is 13.5. The smallest absolute Gasteiger partial charge is 0.338 e. The number of rotatable bonds is 3. The molecule has 0 unspecified atom stereocenters. The first kappa shape index (κ1) is 15.6. The number of aryl methyl sites for hydroxylation is 1. The van der Waals surface area contributed by atoms with E-state index in [0.717, 1.165) is 18.4 Å². The van der Waals surface area contributed by atoms with Gasteiger partial charge in [0.1, 0.15) is 6.10 Å². The van der Waals surface area contributed by atoms with Crippen LogP contribution in [0.4, 0.5) is 5.69 Å². The maximum absolute atomic E-state index is 12.5. The third-order valence-electron chi connectivity index (χ3n) is 4.46. The summed E-state index contributed by atoms with van der Waals surface area (Å²) in [4.78, 5) is 14.7. The van der Waals surface area contributed by atoms with Crippen LogP contribution in [0.3, 0.4) is 0 Å². The molecule has 0 radical (unpaired) electrons. The Morgan fingerprint density at radius 1 is 1.13 bits per heavy atom. The van der Waals surface area contributed by atoms with Gasteiger partial charge in [0.2, 0.25) is 0 Å². The van der Waals surface area contributed by atoms with Crippen LogP contribution < -0.4 is 5.73 Å². The Labute approximate surface area is 136 Å². The highest BCUT2D eigenvalue weighted by atomic mass is 16.5. The van der Waals surface area contributed by atoms with Gasteiger partial charge < -0.3 is 15.4 Å². The van der Waals surface area contributed by atoms with Crippen LogP contribution in [0, 0.1) is 0 Å². The van der Waals surface area contributed by atoms with Crippen LogP contribution in [0.5, 0.6) is 0 Å². The van der Waals surface area contributed by atoms with Crippen molar-refractivity contribution < 1.29 is 9.53 Å². The standard InChI is InChI=1S/C19H22N2O2/c1-21(2)17-12-9-13-5-3-4-6-16(13)18(17)23-19(22)14-7-10-15(20)11-8-14/h3-8,10-11,17-18H,9,12,20H2,1-2H3/t17-,18+/m0/s1. The summed E-state index contributed by atoms with van der Waals surface area (Å²) in [5.41, 5.74) is 9.22. The number of hydrogen-bond donors (Lipinski definition) is 1. The van der Waals surface area contributed by atoms with Gasteiger partial charge in [-0.15, -0.1) is 0 Å². The fourth-order valence-corrected chi connectivity index (χ4v) is 3.18. The minimum absolute atomic E-state index is 0.183. The summed E-state index contributed by atoms with van der Waals surface area (Å²) in [5.74, 6) is -0.307. The van der Waals surface area contributed by atoms with E-state index in [9.17, 15) is 4.79 Å². The molecule has 0 aromatic heterocycles. The number of nitrogens with zero attached hydrogens (tertiary/aromatic N) is 1. The van der Waals surface area contributed by atoms with E-state index in [0.29, 0.717) is 11.3 Å². The predicted molar refractivity (Wildman–Crippen MR) is 91.2 cm³/mol. The summed E-state index contributed by atoms with van der Waals surface area (Å²) in [6, 6.07) is 15.2. The van der Waals surface area contributed by atoms with E-state index in [-0.39, 0.29) is 18.1 Å². The molecule has 4 nitrogen and oxygen atoms in total. The van der Waals surface area contributed by atoms with E-state index in [2.05, 4.69) is 17.0 Å². The monoisotopic (exact) mass is 310 g/mol. The zero-order valence-corrected chi connectivity index (χ0v) is 13.5. The third kappa shape index (κ3) is 3.22. The molecule has 0 aliphatic heterocycles. The summed E-state index contributed by atoms with van der Waals surface area (Å²) in [5, 5.41) is 0. The first-order valence-corrected chi connectivity index (χ1v) is 7.87. The Morgan fingerprint density at radius 2 is 1.83 bits per heavy atom. The minimum Gasteiger partial charge on any atom is -0.452 e. The lowest BCUT2D eigenvalue weighted by Crippen LogP contribution is -2.39. The van der Waals surface area contributed by atoms with Crippen molar-refractivity contribution in [3.8, 4) is 0 Å². The molecule has 2 aromatic rings. The van der Waals surface area contributed by atoms with Crippen LogP contribution in [-0.4, -0.2) is 31.0 Å². The summed E-state index contributed by atoms with van der Waals surface area (Å²) in [6.07, 6.45) is 1.73. The van der Waals surface area contributed by atoms with Crippen LogP contribution in [0.1, 0.15) is 34.0 Å². The van der Waals surface area contributed by atoms with Crippen molar-refractivity contribution in [3.05, 3.63) is 65.2 Å². The third-order valence-corrected chi connectivity index (χ3v) is 4.46. The normalized spacial score (nSPS) is 20.1. The molecule has 1 aliphatic rings. The average Bonchev–Trinajstić information content (AvgIpc) is 2.55. The molecule has 0 saturated heterocycles. The number of carbonyl (C=O) groups excluding carboxylic acids is 1. The fourth-order valence-electron chi connectivity index (χ4n) is 3.18. The number of nitrogen functional groups attached to an aromatic ring is 1. The number of ether oxygens (including phenoxy) is 1. The molecule has 0 spiro atoms. The number of carbonyl (C=O) groups is 1. The summed E-state index contributed by atoms with van der Waals surface area (Å²) in [6.45, 7) is 0. The van der Waals surface area contributed by atoms with E-state index in [4.69, 9.17) is 10.5 Å². The van der Waals surface area contributed by atoms with Gasteiger partial charge in [0, 0.05) is 5.69 Å². The maximum atomic E-state index is 12.5. The molecule has 0 bridgehead atoms. The highest BCUT2D eigenvalue weighted by molar-refractivity contribution is 5.90. The van der Waals surface area contributed by atoms with Gasteiger partial charge in [-0.05, 0) is 62.3 Å². The number of benzene rings is 2. The molecule has 120 valence electrons. The van der Waals surface area contributed by atoms with Crippen molar-refractivity contribution in [3.63, 3.8) is 0 Å². The van der Waals surface area contributed by atoms with Crippen molar-refractivity contribution in [2.24, 2.45) is 0 Å². The summed E-state index contributed by atoms with van der Waals surface area (Å²) < 4.78 is 5.90. The van der Waals surface area contributed by atoms with E-state index in [1.165, 1.54) is 5.56 Å². The van der Waals surface area contributed by atoms with Crippen molar-refractivity contribution in [1.29, 1.82) is 0 Å². The van der Waals surface area contributed by atoms with Crippen molar-refractivity contribution in [2.75, 3.05) is 19.8 Å². The molecule has 0 amide bonds. The highest BCUT2D eigenvalue weighted by Gasteiger charge is 2.33. The van der Waals surface area contributed by atoms with Gasteiger partial charge in [-0.25, -0.2) is 4.79 Å². The molecule has 1 aliphatic carbocycles. The Bertz CT molecular complexity index is 695. The number of fused-ring (bicyclic) bond motifs is 1. The summed E-state index contributed by atoms with van der Waals surface area (Å²) in [7, 11) is 4.06. The molecule has 3 rings (SSSR count). The molecule has 4 heteroatoms. The molecule has 2 aromatic carbocycles. The lowest BCUT2D eigenvalue weighted by Gasteiger charge is -2.37. The number of hydrogen-bond acceptors (Lipinski definition) is 4. The second kappa shape index (κ2) is 6.42. The maximum Gasteiger partial charge on any atom is 0.338 e. The molecule has 23 heavy (non-hydrogen) atoms. The quantitative estimate of drug-likeness (QED) is 0.699. The molecule has 2 atom stereocenters. The van der Waals surface area contributed by atoms with E-state index >= 15 is 0 Å². The molecule has 0 heterocycles. The fraction of sp³-hybridized carbons (Fsp3) is 0.316. The Hall–Kier alpha value is -2.33. The average molecular weight is 310 g/mol. The first-order chi connectivity index (χ1) is 11.1. The van der Waals surface area contributed by atoms with Crippen LogP contribution in [0.15, 0.2) is 48.5 Å². The molecular formula is C19H22N2O2. The van der Waals surface area contributed by atoms with Crippen molar-refractivity contribution in [1.82, 2.24) is 4.90 Å². The highest BCUT2D eigenvalue weighted by Crippen LogP contribution is 2.35. The molecule has 0 saturated carbocycles. The Balaban J connectivity index is 1.88. The van der Waals surface area contributed by atoms with Gasteiger partial charge in [-0.2, -0.15) is 0 Å². The van der Waals surface area contributed by atoms with E-state index in [1.54, 1.807) is 24.3 Å². The summed E-state index contributed by atoms with van der Waals surface area (Å²) >= 11 is 0.